The summed E-state index contributed by atoms with van der Waals surface area (Å²) in [5.41, 5.74) is 8.12. The summed E-state index contributed by atoms with van der Waals surface area (Å²) in [6.45, 7) is 1.49. The van der Waals surface area contributed by atoms with Crippen LogP contribution in [-0.2, 0) is 11.2 Å². The van der Waals surface area contributed by atoms with Crippen molar-refractivity contribution in [1.29, 1.82) is 0 Å². The number of nitrogens with one attached hydrogen (secondary N) is 1. The Morgan fingerprint density at radius 2 is 2.07 bits per heavy atom. The van der Waals surface area contributed by atoms with Gasteiger partial charge in [-0.15, -0.1) is 0 Å². The lowest BCUT2D eigenvalue weighted by molar-refractivity contribution is -0.384. The molecule has 0 saturated heterocycles. The van der Waals surface area contributed by atoms with Crippen molar-refractivity contribution in [3.8, 4) is 5.75 Å². The van der Waals surface area contributed by atoms with Crippen molar-refractivity contribution in [1.82, 2.24) is 10.4 Å². The highest BCUT2D eigenvalue weighted by Gasteiger charge is 2.38. The first-order valence-electron chi connectivity index (χ1n) is 8.70. The molecule has 0 fully saturated rings. The summed E-state index contributed by atoms with van der Waals surface area (Å²) in [7, 11) is 1.62. The number of rotatable bonds is 3. The first-order chi connectivity index (χ1) is 13.0. The standard InChI is InChI=1S/C20H19N3O4/c1-12(24)22-20(14-4-3-5-15(10-14)23(25)26)17-9-7-13-6-8-16(27-2)11-18(13)19(17)21-22/h3-6,8,10-11,20-21H,7,9H2,1-2H3. The smallest absolute Gasteiger partial charge is 0.269 e. The zero-order valence-corrected chi connectivity index (χ0v) is 15.1. The van der Waals surface area contributed by atoms with E-state index in [4.69, 9.17) is 4.74 Å². The number of ether oxygens (including phenoxy) is 1. The maximum absolute atomic E-state index is 12.3. The minimum absolute atomic E-state index is 0.0166. The molecule has 1 atom stereocenters. The van der Waals surface area contributed by atoms with Gasteiger partial charge in [-0.1, -0.05) is 18.2 Å². The number of aryl methyl sites for hydroxylation is 1. The first kappa shape index (κ1) is 17.1. The minimum atomic E-state index is -0.416. The van der Waals surface area contributed by atoms with Gasteiger partial charge in [0.25, 0.3) is 5.69 Å². The molecule has 0 spiro atoms. The SMILES string of the molecule is COc1ccc2c(c1)C1=C(CC2)C(c2cccc([N+](=O)[O-])c2)N(C(C)=O)N1. The lowest BCUT2D eigenvalue weighted by Gasteiger charge is -2.25. The second-order valence-electron chi connectivity index (χ2n) is 6.68. The number of nitrogens with zero attached hydrogens (tertiary/aromatic N) is 2. The average Bonchev–Trinajstić information content (AvgIpc) is 3.08. The number of nitro benzene ring substituents is 1. The lowest BCUT2D eigenvalue weighted by Crippen LogP contribution is -2.38. The summed E-state index contributed by atoms with van der Waals surface area (Å²) in [5.74, 6) is 0.600. The summed E-state index contributed by atoms with van der Waals surface area (Å²) in [4.78, 5) is 23.1. The molecule has 1 heterocycles. The van der Waals surface area contributed by atoms with Gasteiger partial charge in [0, 0.05) is 24.6 Å². The maximum atomic E-state index is 12.3. The number of fused-ring (bicyclic) bond motifs is 2. The van der Waals surface area contributed by atoms with Crippen molar-refractivity contribution in [2.24, 2.45) is 0 Å². The molecule has 0 bridgehead atoms. The summed E-state index contributed by atoms with van der Waals surface area (Å²) < 4.78 is 5.35. The van der Waals surface area contributed by atoms with Crippen LogP contribution in [0.25, 0.3) is 5.70 Å². The minimum Gasteiger partial charge on any atom is -0.497 e. The van der Waals surface area contributed by atoms with Crippen LogP contribution in [0.3, 0.4) is 0 Å². The Kier molecular flexibility index (Phi) is 4.07. The third-order valence-corrected chi connectivity index (χ3v) is 5.13. The molecule has 1 N–H and O–H groups in total. The summed E-state index contributed by atoms with van der Waals surface area (Å²) >= 11 is 0. The molecule has 7 heteroatoms. The largest absolute Gasteiger partial charge is 0.497 e. The molecule has 7 nitrogen and oxygen atoms in total. The molecule has 2 aromatic carbocycles. The highest BCUT2D eigenvalue weighted by atomic mass is 16.6. The number of carbonyl (C=O) groups excluding carboxylic acids is 1. The molecule has 4 rings (SSSR count). The Morgan fingerprint density at radius 1 is 1.26 bits per heavy atom. The van der Waals surface area contributed by atoms with Gasteiger partial charge < -0.3 is 4.74 Å². The first-order valence-corrected chi connectivity index (χ1v) is 8.70. The summed E-state index contributed by atoms with van der Waals surface area (Å²) in [6, 6.07) is 12.1. The second-order valence-corrected chi connectivity index (χ2v) is 6.68. The Balaban J connectivity index is 1.85. The van der Waals surface area contributed by atoms with Gasteiger partial charge in [0.05, 0.1) is 17.7 Å². The molecule has 27 heavy (non-hydrogen) atoms. The number of amides is 1. The van der Waals surface area contributed by atoms with Crippen LogP contribution in [0.15, 0.2) is 48.0 Å². The van der Waals surface area contributed by atoms with Gasteiger partial charge in [0.15, 0.2) is 0 Å². The fourth-order valence-corrected chi connectivity index (χ4v) is 3.87. The van der Waals surface area contributed by atoms with E-state index in [1.165, 1.54) is 18.6 Å². The quantitative estimate of drug-likeness (QED) is 0.666. The maximum Gasteiger partial charge on any atom is 0.269 e. The number of hydrazine groups is 1. The molecule has 1 aliphatic carbocycles. The van der Waals surface area contributed by atoms with Gasteiger partial charge in [-0.3, -0.25) is 20.3 Å². The number of non-ortho nitro benzene ring substituents is 1. The number of benzene rings is 2. The topological polar surface area (TPSA) is 84.7 Å². The van der Waals surface area contributed by atoms with Crippen molar-refractivity contribution in [3.05, 3.63) is 74.8 Å². The van der Waals surface area contributed by atoms with Crippen molar-refractivity contribution in [2.45, 2.75) is 25.8 Å². The van der Waals surface area contributed by atoms with E-state index in [-0.39, 0.29) is 17.6 Å². The van der Waals surface area contributed by atoms with Gasteiger partial charge in [-0.05, 0) is 41.7 Å². The Morgan fingerprint density at radius 3 is 2.78 bits per heavy atom. The van der Waals surface area contributed by atoms with E-state index in [9.17, 15) is 14.9 Å². The van der Waals surface area contributed by atoms with E-state index in [0.717, 1.165) is 41.0 Å². The molecule has 1 aliphatic heterocycles. The van der Waals surface area contributed by atoms with E-state index in [1.54, 1.807) is 24.3 Å². The second kappa shape index (κ2) is 6.42. The van der Waals surface area contributed by atoms with Crippen LogP contribution in [0, 0.1) is 10.1 Å². The molecule has 0 radical (unpaired) electrons. The van der Waals surface area contributed by atoms with E-state index >= 15 is 0 Å². The highest BCUT2D eigenvalue weighted by molar-refractivity contribution is 5.82. The predicted molar refractivity (Wildman–Crippen MR) is 99.7 cm³/mol. The third-order valence-electron chi connectivity index (χ3n) is 5.13. The number of carbonyl (C=O) groups is 1. The molecule has 138 valence electrons. The van der Waals surface area contributed by atoms with Gasteiger partial charge in [-0.2, -0.15) is 0 Å². The van der Waals surface area contributed by atoms with E-state index < -0.39 is 4.92 Å². The molecule has 0 saturated carbocycles. The lowest BCUT2D eigenvalue weighted by atomic mass is 9.85. The summed E-state index contributed by atoms with van der Waals surface area (Å²) in [5, 5.41) is 12.7. The monoisotopic (exact) mass is 365 g/mol. The average molecular weight is 365 g/mol. The van der Waals surface area contributed by atoms with Crippen LogP contribution in [0.5, 0.6) is 5.75 Å². The van der Waals surface area contributed by atoms with Crippen LogP contribution in [0.1, 0.15) is 36.1 Å². The molecule has 1 unspecified atom stereocenters. The third kappa shape index (κ3) is 2.81. The van der Waals surface area contributed by atoms with E-state index in [2.05, 4.69) is 5.43 Å². The van der Waals surface area contributed by atoms with Crippen molar-refractivity contribution in [3.63, 3.8) is 0 Å². The van der Waals surface area contributed by atoms with Crippen LogP contribution in [0.2, 0.25) is 0 Å². The molecular formula is C20H19N3O4. The Bertz CT molecular complexity index is 983. The molecule has 0 aromatic heterocycles. The fourth-order valence-electron chi connectivity index (χ4n) is 3.87. The summed E-state index contributed by atoms with van der Waals surface area (Å²) in [6.07, 6.45) is 1.62. The zero-order valence-electron chi connectivity index (χ0n) is 15.1. The van der Waals surface area contributed by atoms with Gasteiger partial charge in [0.2, 0.25) is 5.91 Å². The highest BCUT2D eigenvalue weighted by Crippen LogP contribution is 2.45. The van der Waals surface area contributed by atoms with Crippen molar-refractivity contribution in [2.75, 3.05) is 7.11 Å². The number of hydrogen-bond donors (Lipinski definition) is 1. The van der Waals surface area contributed by atoms with Crippen LogP contribution in [-0.4, -0.2) is 22.9 Å². The van der Waals surface area contributed by atoms with E-state index in [1.807, 2.05) is 24.3 Å². The van der Waals surface area contributed by atoms with Crippen LogP contribution >= 0.6 is 0 Å². The normalized spacial score (nSPS) is 17.9. The number of hydrogen-bond acceptors (Lipinski definition) is 5. The Labute approximate surface area is 156 Å². The van der Waals surface area contributed by atoms with Gasteiger partial charge in [-0.25, -0.2) is 5.01 Å². The molecule has 1 amide bonds. The van der Waals surface area contributed by atoms with Crippen LogP contribution < -0.4 is 10.2 Å². The van der Waals surface area contributed by atoms with Crippen LogP contribution in [0.4, 0.5) is 5.69 Å². The predicted octanol–water partition coefficient (Wildman–Crippen LogP) is 3.37. The number of methoxy groups -OCH3 is 1. The Hall–Kier alpha value is -3.35. The van der Waals surface area contributed by atoms with Gasteiger partial charge in [0.1, 0.15) is 11.8 Å². The fraction of sp³-hybridized carbons (Fsp3) is 0.250. The molecular weight excluding hydrogens is 346 g/mol. The number of nitro groups is 1. The van der Waals surface area contributed by atoms with Crippen molar-refractivity contribution < 1.29 is 14.5 Å². The van der Waals surface area contributed by atoms with Gasteiger partial charge >= 0.3 is 0 Å². The van der Waals surface area contributed by atoms with Crippen molar-refractivity contribution >= 4 is 17.3 Å². The zero-order chi connectivity index (χ0) is 19.1. The molecule has 2 aromatic rings. The molecule has 2 aliphatic rings. The van der Waals surface area contributed by atoms with E-state index in [0.29, 0.717) is 0 Å².